The number of anilines is 1. The summed E-state index contributed by atoms with van der Waals surface area (Å²) in [4.78, 5) is 18.6. The number of nitrogens with zero attached hydrogens (tertiary/aromatic N) is 4. The monoisotopic (exact) mass is 326 g/mol. The number of hydrogen-bond donors (Lipinski definition) is 0. The summed E-state index contributed by atoms with van der Waals surface area (Å²) >= 11 is 11.6. The van der Waals surface area contributed by atoms with Gasteiger partial charge in [0.05, 0.1) is 24.4 Å². The quantitative estimate of drug-likeness (QED) is 0.841. The van der Waals surface area contributed by atoms with E-state index >= 15 is 0 Å². The SMILES string of the molecule is O=c1c(Cl)c(Cl)cnn1-c1cccc(N2CCOCC2)n1. The van der Waals surface area contributed by atoms with Crippen LogP contribution in [0.1, 0.15) is 0 Å². The number of aromatic nitrogens is 3. The number of hydrogen-bond acceptors (Lipinski definition) is 5. The third-order valence-corrected chi connectivity index (χ3v) is 3.90. The molecule has 1 saturated heterocycles. The molecule has 110 valence electrons. The zero-order chi connectivity index (χ0) is 14.8. The van der Waals surface area contributed by atoms with E-state index in [9.17, 15) is 4.79 Å². The Labute approximate surface area is 130 Å². The summed E-state index contributed by atoms with van der Waals surface area (Å²) in [6, 6.07) is 5.41. The lowest BCUT2D eigenvalue weighted by molar-refractivity contribution is 0.122. The van der Waals surface area contributed by atoms with Crippen molar-refractivity contribution < 1.29 is 4.74 Å². The smallest absolute Gasteiger partial charge is 0.293 e. The molecule has 2 aromatic heterocycles. The number of rotatable bonds is 2. The molecule has 1 fully saturated rings. The summed E-state index contributed by atoms with van der Waals surface area (Å²) in [7, 11) is 0. The Bertz CT molecular complexity index is 714. The molecule has 0 radical (unpaired) electrons. The van der Waals surface area contributed by atoms with Gasteiger partial charge in [-0.1, -0.05) is 29.3 Å². The summed E-state index contributed by atoms with van der Waals surface area (Å²) in [6.45, 7) is 2.86. The fourth-order valence-corrected chi connectivity index (χ4v) is 2.33. The molecule has 0 unspecified atom stereocenters. The van der Waals surface area contributed by atoms with Crippen molar-refractivity contribution in [3.63, 3.8) is 0 Å². The minimum atomic E-state index is -0.490. The first kappa shape index (κ1) is 14.3. The van der Waals surface area contributed by atoms with Gasteiger partial charge < -0.3 is 9.64 Å². The third-order valence-electron chi connectivity index (χ3n) is 3.15. The molecular weight excluding hydrogens is 315 g/mol. The molecule has 2 aromatic rings. The molecule has 1 aliphatic rings. The van der Waals surface area contributed by atoms with Crippen molar-refractivity contribution in [1.82, 2.24) is 14.8 Å². The van der Waals surface area contributed by atoms with E-state index in [1.165, 1.54) is 6.20 Å². The second kappa shape index (κ2) is 6.01. The minimum Gasteiger partial charge on any atom is -0.378 e. The van der Waals surface area contributed by atoms with Crippen LogP contribution in [0.15, 0.2) is 29.2 Å². The Kier molecular flexibility index (Phi) is 4.10. The molecule has 0 aliphatic carbocycles. The first-order chi connectivity index (χ1) is 10.2. The van der Waals surface area contributed by atoms with Crippen LogP contribution < -0.4 is 10.5 Å². The zero-order valence-electron chi connectivity index (χ0n) is 11.0. The highest BCUT2D eigenvalue weighted by Crippen LogP contribution is 2.17. The lowest BCUT2D eigenvalue weighted by Gasteiger charge is -2.27. The van der Waals surface area contributed by atoms with Crippen LogP contribution in [0.25, 0.3) is 5.82 Å². The Hall–Kier alpha value is -1.63. The van der Waals surface area contributed by atoms with Crippen LogP contribution in [0.3, 0.4) is 0 Å². The van der Waals surface area contributed by atoms with Gasteiger partial charge in [0.15, 0.2) is 5.82 Å². The average Bonchev–Trinajstić information content (AvgIpc) is 2.54. The zero-order valence-corrected chi connectivity index (χ0v) is 12.5. The number of morpholine rings is 1. The van der Waals surface area contributed by atoms with E-state index in [-0.39, 0.29) is 10.0 Å². The van der Waals surface area contributed by atoms with Crippen molar-refractivity contribution >= 4 is 29.0 Å². The summed E-state index contributed by atoms with van der Waals surface area (Å²) < 4.78 is 6.45. The molecule has 21 heavy (non-hydrogen) atoms. The maximum Gasteiger partial charge on any atom is 0.293 e. The van der Waals surface area contributed by atoms with Crippen LogP contribution in [0, 0.1) is 0 Å². The van der Waals surface area contributed by atoms with Crippen molar-refractivity contribution in [3.05, 3.63) is 44.8 Å². The molecule has 0 saturated carbocycles. The Morgan fingerprint density at radius 3 is 2.62 bits per heavy atom. The Balaban J connectivity index is 2.00. The molecule has 3 rings (SSSR count). The molecular formula is C13H12Cl2N4O2. The lowest BCUT2D eigenvalue weighted by atomic mass is 10.3. The van der Waals surface area contributed by atoms with Gasteiger partial charge in [-0.05, 0) is 12.1 Å². The van der Waals surface area contributed by atoms with E-state index in [4.69, 9.17) is 27.9 Å². The highest BCUT2D eigenvalue weighted by atomic mass is 35.5. The molecule has 0 atom stereocenters. The van der Waals surface area contributed by atoms with Gasteiger partial charge in [-0.3, -0.25) is 4.79 Å². The molecule has 0 bridgehead atoms. The van der Waals surface area contributed by atoms with Crippen molar-refractivity contribution in [2.75, 3.05) is 31.2 Å². The Morgan fingerprint density at radius 1 is 1.14 bits per heavy atom. The van der Waals surface area contributed by atoms with Gasteiger partial charge in [0.25, 0.3) is 5.56 Å². The summed E-state index contributed by atoms with van der Waals surface area (Å²) in [5, 5.41) is 4.04. The highest BCUT2D eigenvalue weighted by Gasteiger charge is 2.14. The summed E-state index contributed by atoms with van der Waals surface area (Å²) in [5.74, 6) is 1.18. The van der Waals surface area contributed by atoms with Crippen molar-refractivity contribution in [1.29, 1.82) is 0 Å². The van der Waals surface area contributed by atoms with Crippen LogP contribution in [0.4, 0.5) is 5.82 Å². The maximum atomic E-state index is 12.1. The van der Waals surface area contributed by atoms with Gasteiger partial charge in [-0.15, -0.1) is 0 Å². The van der Waals surface area contributed by atoms with Crippen molar-refractivity contribution in [2.45, 2.75) is 0 Å². The largest absolute Gasteiger partial charge is 0.378 e. The fourth-order valence-electron chi connectivity index (χ4n) is 2.07. The van der Waals surface area contributed by atoms with Gasteiger partial charge >= 0.3 is 0 Å². The van der Waals surface area contributed by atoms with Gasteiger partial charge in [0.2, 0.25) is 0 Å². The van der Waals surface area contributed by atoms with E-state index in [1.54, 1.807) is 6.07 Å². The number of ether oxygens (including phenoxy) is 1. The van der Waals surface area contributed by atoms with Crippen LogP contribution in [-0.2, 0) is 4.74 Å². The van der Waals surface area contributed by atoms with Crippen LogP contribution in [-0.4, -0.2) is 41.1 Å². The topological polar surface area (TPSA) is 60.2 Å². The average molecular weight is 327 g/mol. The van der Waals surface area contributed by atoms with E-state index in [0.717, 1.165) is 23.6 Å². The molecule has 0 N–H and O–H groups in total. The minimum absolute atomic E-state index is 0.0646. The van der Waals surface area contributed by atoms with E-state index < -0.39 is 5.56 Å². The summed E-state index contributed by atoms with van der Waals surface area (Å²) in [5.41, 5.74) is -0.490. The van der Waals surface area contributed by atoms with E-state index in [2.05, 4.69) is 15.0 Å². The third kappa shape index (κ3) is 2.88. The maximum absolute atomic E-state index is 12.1. The van der Waals surface area contributed by atoms with Crippen molar-refractivity contribution in [2.24, 2.45) is 0 Å². The van der Waals surface area contributed by atoms with Crippen LogP contribution in [0.5, 0.6) is 0 Å². The van der Waals surface area contributed by atoms with E-state index in [0.29, 0.717) is 19.0 Å². The van der Waals surface area contributed by atoms with E-state index in [1.807, 2.05) is 12.1 Å². The molecule has 0 amide bonds. The first-order valence-corrected chi connectivity index (χ1v) is 7.16. The lowest BCUT2D eigenvalue weighted by Crippen LogP contribution is -2.37. The molecule has 8 heteroatoms. The van der Waals surface area contributed by atoms with Gasteiger partial charge in [0, 0.05) is 13.1 Å². The van der Waals surface area contributed by atoms with Gasteiger partial charge in [-0.2, -0.15) is 9.78 Å². The molecule has 3 heterocycles. The molecule has 1 aliphatic heterocycles. The molecule has 0 spiro atoms. The molecule has 6 nitrogen and oxygen atoms in total. The number of halogens is 2. The number of pyridine rings is 1. The second-order valence-electron chi connectivity index (χ2n) is 4.48. The highest BCUT2D eigenvalue weighted by molar-refractivity contribution is 6.41. The molecule has 0 aromatic carbocycles. The van der Waals surface area contributed by atoms with Gasteiger partial charge in [0.1, 0.15) is 10.8 Å². The van der Waals surface area contributed by atoms with Gasteiger partial charge in [-0.25, -0.2) is 4.98 Å². The first-order valence-electron chi connectivity index (χ1n) is 6.40. The predicted octanol–water partition coefficient (Wildman–Crippen LogP) is 1.77. The van der Waals surface area contributed by atoms with Crippen LogP contribution in [0.2, 0.25) is 10.0 Å². The van der Waals surface area contributed by atoms with Crippen LogP contribution >= 0.6 is 23.2 Å². The fraction of sp³-hybridized carbons (Fsp3) is 0.308. The predicted molar refractivity (Wildman–Crippen MR) is 80.7 cm³/mol. The Morgan fingerprint density at radius 2 is 1.86 bits per heavy atom. The standard InChI is InChI=1S/C13H12Cl2N4O2/c14-9-8-16-19(13(20)12(9)15)11-3-1-2-10(17-11)18-4-6-21-7-5-18/h1-3,8H,4-7H2. The summed E-state index contributed by atoms with van der Waals surface area (Å²) in [6.07, 6.45) is 1.33. The normalized spacial score (nSPS) is 15.2. The second-order valence-corrected chi connectivity index (χ2v) is 5.26. The van der Waals surface area contributed by atoms with Crippen molar-refractivity contribution in [3.8, 4) is 5.82 Å².